The van der Waals surface area contributed by atoms with E-state index >= 15 is 0 Å². The second kappa shape index (κ2) is 10.8. The number of fused-ring (bicyclic) bond motifs is 2. The van der Waals surface area contributed by atoms with E-state index < -0.39 is 12.1 Å². The topological polar surface area (TPSA) is 127 Å². The molecule has 2 aromatic rings. The summed E-state index contributed by atoms with van der Waals surface area (Å²) in [5.41, 5.74) is 1.22. The molecule has 9 nitrogen and oxygen atoms in total. The van der Waals surface area contributed by atoms with Crippen molar-refractivity contribution in [2.75, 3.05) is 20.2 Å². The van der Waals surface area contributed by atoms with Crippen LogP contribution >= 0.6 is 0 Å². The molecule has 0 unspecified atom stereocenters. The Bertz CT molecular complexity index is 1220. The van der Waals surface area contributed by atoms with Gasteiger partial charge in [-0.25, -0.2) is 0 Å². The third-order valence-electron chi connectivity index (χ3n) is 8.43. The first-order valence-corrected chi connectivity index (χ1v) is 13.4. The van der Waals surface area contributed by atoms with Crippen LogP contribution in [0.3, 0.4) is 0 Å². The maximum Gasteiger partial charge on any atom is 0.270 e. The molecule has 5 atom stereocenters. The van der Waals surface area contributed by atoms with Crippen LogP contribution in [0.25, 0.3) is 10.9 Å². The van der Waals surface area contributed by atoms with Crippen molar-refractivity contribution in [2.24, 2.45) is 17.8 Å². The van der Waals surface area contributed by atoms with Crippen molar-refractivity contribution in [3.05, 3.63) is 30.0 Å². The molecule has 9 heteroatoms. The highest BCUT2D eigenvalue weighted by molar-refractivity contribution is 6.01. The van der Waals surface area contributed by atoms with Gasteiger partial charge in [0.25, 0.3) is 5.91 Å². The van der Waals surface area contributed by atoms with Crippen molar-refractivity contribution in [1.29, 1.82) is 5.26 Å². The Hall–Kier alpha value is -3.54. The molecule has 3 N–H and O–H groups in total. The van der Waals surface area contributed by atoms with E-state index in [0.717, 1.165) is 43.0 Å². The maximum absolute atomic E-state index is 13.8. The normalized spacial score (nSPS) is 26.5. The van der Waals surface area contributed by atoms with E-state index in [1.54, 1.807) is 18.1 Å². The molecule has 2 aliphatic heterocycles. The second-order valence-electron chi connectivity index (χ2n) is 10.7. The number of carbonyl (C=O) groups excluding carboxylic acids is 3. The van der Waals surface area contributed by atoms with Crippen molar-refractivity contribution in [3.8, 4) is 11.8 Å². The molecule has 1 aromatic heterocycles. The van der Waals surface area contributed by atoms with Crippen LogP contribution in [-0.4, -0.2) is 59.9 Å². The van der Waals surface area contributed by atoms with Gasteiger partial charge in [0.05, 0.1) is 13.2 Å². The molecule has 0 radical (unpaired) electrons. The van der Waals surface area contributed by atoms with E-state index in [-0.39, 0.29) is 30.1 Å². The molecule has 3 heterocycles. The number of aromatic nitrogens is 1. The SMILES string of the molecule is COc1cccc2[nH]c(C(=O)N3C[C@@H]4CCCC[C@@H]4C[C@H]3C(=O)N[C@H](C#N)C[C@@H]3CCCNC3=O)cc12. The fourth-order valence-corrected chi connectivity index (χ4v) is 6.43. The predicted molar refractivity (Wildman–Crippen MR) is 138 cm³/mol. The summed E-state index contributed by atoms with van der Waals surface area (Å²) in [6.07, 6.45) is 6.85. The number of aromatic amines is 1. The van der Waals surface area contributed by atoms with Crippen LogP contribution < -0.4 is 15.4 Å². The lowest BCUT2D eigenvalue weighted by Crippen LogP contribution is -2.58. The Labute approximate surface area is 216 Å². The minimum absolute atomic E-state index is 0.0606. The number of rotatable bonds is 6. The Morgan fingerprint density at radius 3 is 2.78 bits per heavy atom. The largest absolute Gasteiger partial charge is 0.496 e. The quantitative estimate of drug-likeness (QED) is 0.556. The molecule has 3 fully saturated rings. The van der Waals surface area contributed by atoms with Gasteiger partial charge < -0.3 is 25.3 Å². The average molecular weight is 506 g/mol. The van der Waals surface area contributed by atoms with Crippen LogP contribution in [0, 0.1) is 29.1 Å². The van der Waals surface area contributed by atoms with Crippen molar-refractivity contribution in [3.63, 3.8) is 0 Å². The number of nitrogens with one attached hydrogen (secondary N) is 3. The highest BCUT2D eigenvalue weighted by Crippen LogP contribution is 2.39. The molecule has 196 valence electrons. The Morgan fingerprint density at radius 2 is 2.03 bits per heavy atom. The van der Waals surface area contributed by atoms with Crippen molar-refractivity contribution >= 4 is 28.6 Å². The first-order chi connectivity index (χ1) is 18.0. The van der Waals surface area contributed by atoms with E-state index in [4.69, 9.17) is 4.74 Å². The Kier molecular flexibility index (Phi) is 7.36. The van der Waals surface area contributed by atoms with Crippen LogP contribution in [0.15, 0.2) is 24.3 Å². The summed E-state index contributed by atoms with van der Waals surface area (Å²) in [5, 5.41) is 16.3. The highest BCUT2D eigenvalue weighted by Gasteiger charge is 2.43. The van der Waals surface area contributed by atoms with Crippen molar-refractivity contribution < 1.29 is 19.1 Å². The van der Waals surface area contributed by atoms with Gasteiger partial charge in [0.2, 0.25) is 11.8 Å². The first kappa shape index (κ1) is 25.1. The van der Waals surface area contributed by atoms with E-state index in [1.807, 2.05) is 18.2 Å². The molecule has 5 rings (SSSR count). The number of benzene rings is 1. The molecule has 0 bridgehead atoms. The molecular weight excluding hydrogens is 470 g/mol. The molecule has 37 heavy (non-hydrogen) atoms. The lowest BCUT2D eigenvalue weighted by molar-refractivity contribution is -0.130. The van der Waals surface area contributed by atoms with Gasteiger partial charge in [0, 0.05) is 29.9 Å². The summed E-state index contributed by atoms with van der Waals surface area (Å²) in [6, 6.07) is 8.13. The van der Waals surface area contributed by atoms with Gasteiger partial charge in [-0.2, -0.15) is 5.26 Å². The first-order valence-electron chi connectivity index (χ1n) is 13.4. The van der Waals surface area contributed by atoms with E-state index in [9.17, 15) is 19.6 Å². The third kappa shape index (κ3) is 5.15. The Balaban J connectivity index is 1.37. The minimum Gasteiger partial charge on any atom is -0.496 e. The van der Waals surface area contributed by atoms with Gasteiger partial charge in [0.15, 0.2) is 0 Å². The number of ether oxygens (including phenoxy) is 1. The summed E-state index contributed by atoms with van der Waals surface area (Å²) >= 11 is 0. The monoisotopic (exact) mass is 505 g/mol. The van der Waals surface area contributed by atoms with Gasteiger partial charge in [-0.3, -0.25) is 14.4 Å². The second-order valence-corrected chi connectivity index (χ2v) is 10.7. The number of hydrogen-bond donors (Lipinski definition) is 3. The van der Waals surface area contributed by atoms with Crippen LogP contribution in [0.2, 0.25) is 0 Å². The molecule has 1 aromatic carbocycles. The fraction of sp³-hybridized carbons (Fsp3) is 0.571. The standard InChI is InChI=1S/C28H35N5O4/c1-37-25-10-4-9-22-21(25)14-23(32-22)28(36)33-16-19-7-3-2-6-17(19)13-24(33)27(35)31-20(15-29)12-18-8-5-11-30-26(18)34/h4,9-10,14,17-20,24,32H,2-3,5-8,11-13,16H2,1H3,(H,30,34)(H,31,35)/t17-,18+,19+,20+,24+/m1/s1. The number of amides is 3. The third-order valence-corrected chi connectivity index (χ3v) is 8.43. The van der Waals surface area contributed by atoms with Gasteiger partial charge in [-0.1, -0.05) is 25.3 Å². The molecule has 2 saturated heterocycles. The molecule has 0 spiro atoms. The number of piperidine rings is 2. The summed E-state index contributed by atoms with van der Waals surface area (Å²) in [5.74, 6) is 0.564. The van der Waals surface area contributed by atoms with Crippen LogP contribution in [-0.2, 0) is 9.59 Å². The van der Waals surface area contributed by atoms with Crippen LogP contribution in [0.1, 0.15) is 61.9 Å². The van der Waals surface area contributed by atoms with E-state index in [2.05, 4.69) is 21.7 Å². The summed E-state index contributed by atoms with van der Waals surface area (Å²) in [7, 11) is 1.60. The maximum atomic E-state index is 13.8. The number of carbonyl (C=O) groups is 3. The number of hydrogen-bond acceptors (Lipinski definition) is 5. The van der Waals surface area contributed by atoms with Gasteiger partial charge in [0.1, 0.15) is 23.5 Å². The van der Waals surface area contributed by atoms with Gasteiger partial charge in [-0.05, 0) is 62.1 Å². The fourth-order valence-electron chi connectivity index (χ4n) is 6.43. The number of likely N-dealkylation sites (tertiary alicyclic amines) is 1. The van der Waals surface area contributed by atoms with Crippen molar-refractivity contribution in [1.82, 2.24) is 20.5 Å². The van der Waals surface area contributed by atoms with Crippen LogP contribution in [0.4, 0.5) is 0 Å². The lowest BCUT2D eigenvalue weighted by Gasteiger charge is -2.45. The molecule has 3 amide bonds. The minimum atomic E-state index is -0.778. The smallest absolute Gasteiger partial charge is 0.270 e. The summed E-state index contributed by atoms with van der Waals surface area (Å²) < 4.78 is 5.45. The van der Waals surface area contributed by atoms with E-state index in [1.165, 1.54) is 0 Å². The predicted octanol–water partition coefficient (Wildman–Crippen LogP) is 3.12. The number of nitriles is 1. The molecule has 1 saturated carbocycles. The van der Waals surface area contributed by atoms with Crippen molar-refractivity contribution in [2.45, 2.75) is 63.5 Å². The zero-order chi connectivity index (χ0) is 25.9. The summed E-state index contributed by atoms with van der Waals surface area (Å²) in [6.45, 7) is 1.18. The average Bonchev–Trinajstić information content (AvgIpc) is 3.37. The Morgan fingerprint density at radius 1 is 1.22 bits per heavy atom. The molecule has 3 aliphatic rings. The highest BCUT2D eigenvalue weighted by atomic mass is 16.5. The summed E-state index contributed by atoms with van der Waals surface area (Å²) in [4.78, 5) is 44.5. The molecule has 1 aliphatic carbocycles. The van der Waals surface area contributed by atoms with Crippen LogP contribution in [0.5, 0.6) is 5.75 Å². The van der Waals surface area contributed by atoms with E-state index in [0.29, 0.717) is 49.2 Å². The van der Waals surface area contributed by atoms with Gasteiger partial charge in [-0.15, -0.1) is 0 Å². The zero-order valence-electron chi connectivity index (χ0n) is 21.3. The number of nitrogens with zero attached hydrogens (tertiary/aromatic N) is 2. The molecular formula is C28H35N5O4. The van der Waals surface area contributed by atoms with Gasteiger partial charge >= 0.3 is 0 Å². The lowest BCUT2D eigenvalue weighted by atomic mass is 9.72. The number of H-pyrrole nitrogens is 1. The zero-order valence-corrected chi connectivity index (χ0v) is 21.3. The number of methoxy groups -OCH3 is 1.